The lowest BCUT2D eigenvalue weighted by Crippen LogP contribution is -2.61. The van der Waals surface area contributed by atoms with Crippen molar-refractivity contribution in [2.45, 2.75) is 51.8 Å². The molecule has 2 aromatic rings. The number of carbonyl (C=O) groups excluding carboxylic acids is 3. The predicted octanol–water partition coefficient (Wildman–Crippen LogP) is 2.80. The van der Waals surface area contributed by atoms with E-state index in [0.717, 1.165) is 22.2 Å². The maximum atomic E-state index is 13.6. The first-order valence-electron chi connectivity index (χ1n) is 11.7. The average molecular weight is 464 g/mol. The van der Waals surface area contributed by atoms with Crippen LogP contribution in [0.15, 0.2) is 36.4 Å². The summed E-state index contributed by atoms with van der Waals surface area (Å²) in [5.74, 6) is -2.55. The quantitative estimate of drug-likeness (QED) is 0.697. The molecule has 1 fully saturated rings. The Morgan fingerprint density at radius 2 is 2.06 bits per heavy atom. The second kappa shape index (κ2) is 7.91. The van der Waals surface area contributed by atoms with Crippen LogP contribution in [-0.2, 0) is 30.4 Å². The number of ether oxygens (including phenoxy) is 2. The number of cyclic esters (lactones) is 1. The van der Waals surface area contributed by atoms with E-state index in [1.54, 1.807) is 11.8 Å². The van der Waals surface area contributed by atoms with Crippen molar-refractivity contribution in [3.05, 3.63) is 47.7 Å². The topological polar surface area (TPSA) is 97.8 Å². The normalized spacial score (nSPS) is 25.9. The highest BCUT2D eigenvalue weighted by atomic mass is 16.6. The molecule has 2 unspecified atom stereocenters. The number of benzene rings is 1. The second-order valence-corrected chi connectivity index (χ2v) is 10.2. The minimum atomic E-state index is -1.56. The van der Waals surface area contributed by atoms with Gasteiger partial charge in [-0.05, 0) is 45.4 Å². The molecule has 3 aliphatic heterocycles. The van der Waals surface area contributed by atoms with E-state index in [9.17, 15) is 14.4 Å². The van der Waals surface area contributed by atoms with Gasteiger partial charge >= 0.3 is 11.9 Å². The van der Waals surface area contributed by atoms with Gasteiger partial charge in [0, 0.05) is 22.4 Å². The first-order chi connectivity index (χ1) is 16.1. The Kier molecular flexibility index (Phi) is 5.24. The first kappa shape index (κ1) is 22.5. The number of nitrogens with one attached hydrogen (secondary N) is 1. The monoisotopic (exact) mass is 463 g/mol. The number of hydrogen-bond acceptors (Lipinski definition) is 7. The standard InChI is InChI=1S/C26H29N3O5/c1-5-26(34-21(30)12-27-25(2,3)4)18-11-20-22-16(10-15-8-6-7-9-19(15)28-22)13-29(20)23(31)17(18)14-33-24(26)32/h6-11,17-18,27H,5,12-14H2,1-4H3/t17?,18?,26-/m0/s1. The summed E-state index contributed by atoms with van der Waals surface area (Å²) in [5, 5.41) is 4.10. The summed E-state index contributed by atoms with van der Waals surface area (Å²) >= 11 is 0. The van der Waals surface area contributed by atoms with E-state index in [1.807, 2.05) is 51.1 Å². The zero-order chi connectivity index (χ0) is 24.3. The Balaban J connectivity index is 1.55. The van der Waals surface area contributed by atoms with Gasteiger partial charge in [-0.3, -0.25) is 9.59 Å². The number of rotatable bonds is 4. The smallest absolute Gasteiger partial charge is 0.351 e. The number of hydrogen-bond donors (Lipinski definition) is 1. The van der Waals surface area contributed by atoms with Crippen LogP contribution in [0.4, 0.5) is 0 Å². The molecule has 8 heteroatoms. The zero-order valence-corrected chi connectivity index (χ0v) is 19.9. The first-order valence-corrected chi connectivity index (χ1v) is 11.7. The molecule has 3 aliphatic rings. The molecule has 1 saturated heterocycles. The van der Waals surface area contributed by atoms with Gasteiger partial charge in [-0.25, -0.2) is 9.78 Å². The number of pyridine rings is 1. The second-order valence-electron chi connectivity index (χ2n) is 10.2. The Morgan fingerprint density at radius 3 is 2.79 bits per heavy atom. The molecule has 1 amide bonds. The molecule has 3 atom stereocenters. The summed E-state index contributed by atoms with van der Waals surface area (Å²) in [6, 6.07) is 9.87. The van der Waals surface area contributed by atoms with Crippen LogP contribution in [0.25, 0.3) is 16.6 Å². The highest BCUT2D eigenvalue weighted by molar-refractivity contribution is 5.97. The maximum absolute atomic E-state index is 13.6. The van der Waals surface area contributed by atoms with E-state index in [0.29, 0.717) is 12.2 Å². The molecule has 5 rings (SSSR count). The molecule has 0 bridgehead atoms. The van der Waals surface area contributed by atoms with E-state index in [2.05, 4.69) is 11.4 Å². The van der Waals surface area contributed by atoms with Gasteiger partial charge < -0.3 is 19.7 Å². The third kappa shape index (κ3) is 3.57. The number of carbonyl (C=O) groups is 3. The molecule has 178 valence electrons. The molecule has 1 N–H and O–H groups in total. The Morgan fingerprint density at radius 1 is 1.29 bits per heavy atom. The number of esters is 2. The highest BCUT2D eigenvalue weighted by Crippen LogP contribution is 2.47. The predicted molar refractivity (Wildman–Crippen MR) is 125 cm³/mol. The van der Waals surface area contributed by atoms with Gasteiger partial charge in [0.2, 0.25) is 11.5 Å². The van der Waals surface area contributed by atoms with E-state index in [1.165, 1.54) is 0 Å². The Hall–Kier alpha value is -3.26. The SMILES string of the molecule is CC[C@@]1(OC(=O)CNC(C)(C)C)C(=O)OCC2C(=O)N3Cc4cc5ccccc5nc4C3=CC21. The van der Waals surface area contributed by atoms with E-state index < -0.39 is 29.4 Å². The van der Waals surface area contributed by atoms with E-state index in [-0.39, 0.29) is 31.0 Å². The van der Waals surface area contributed by atoms with Crippen molar-refractivity contribution in [3.8, 4) is 0 Å². The number of nitrogens with zero attached hydrogens (tertiary/aromatic N) is 2. The molecule has 0 saturated carbocycles. The molecule has 1 aromatic heterocycles. The summed E-state index contributed by atoms with van der Waals surface area (Å²) in [5.41, 5.74) is 1.34. The summed E-state index contributed by atoms with van der Waals surface area (Å²) < 4.78 is 11.3. The van der Waals surface area contributed by atoms with Crippen LogP contribution in [0.2, 0.25) is 0 Å². The number of para-hydroxylation sites is 1. The van der Waals surface area contributed by atoms with Crippen molar-refractivity contribution in [1.29, 1.82) is 0 Å². The molecule has 34 heavy (non-hydrogen) atoms. The van der Waals surface area contributed by atoms with Crippen LogP contribution in [-0.4, -0.2) is 52.0 Å². The van der Waals surface area contributed by atoms with Crippen LogP contribution < -0.4 is 5.32 Å². The van der Waals surface area contributed by atoms with Crippen molar-refractivity contribution in [1.82, 2.24) is 15.2 Å². The molecule has 8 nitrogen and oxygen atoms in total. The highest BCUT2D eigenvalue weighted by Gasteiger charge is 2.59. The van der Waals surface area contributed by atoms with E-state index in [4.69, 9.17) is 14.5 Å². The number of aromatic nitrogens is 1. The zero-order valence-electron chi connectivity index (χ0n) is 19.9. The van der Waals surface area contributed by atoms with Gasteiger partial charge in [0.1, 0.15) is 6.61 Å². The minimum absolute atomic E-state index is 0.0338. The molecule has 0 spiro atoms. The fourth-order valence-corrected chi connectivity index (χ4v) is 5.09. The summed E-state index contributed by atoms with van der Waals surface area (Å²) in [4.78, 5) is 45.9. The van der Waals surface area contributed by atoms with Gasteiger partial charge in [0.25, 0.3) is 0 Å². The van der Waals surface area contributed by atoms with Crippen LogP contribution in [0.1, 0.15) is 45.4 Å². The molecule has 4 heterocycles. The number of amides is 1. The molecular weight excluding hydrogens is 434 g/mol. The number of fused-ring (bicyclic) bond motifs is 5. The Labute approximate surface area is 198 Å². The van der Waals surface area contributed by atoms with Crippen LogP contribution >= 0.6 is 0 Å². The lowest BCUT2D eigenvalue weighted by molar-refractivity contribution is -0.204. The van der Waals surface area contributed by atoms with Gasteiger partial charge in [0.05, 0.1) is 35.9 Å². The lowest BCUT2D eigenvalue weighted by Gasteiger charge is -2.46. The summed E-state index contributed by atoms with van der Waals surface area (Å²) in [6.07, 6.45) is 2.09. The Bertz CT molecular complexity index is 1230. The fraction of sp³-hybridized carbons (Fsp3) is 0.462. The van der Waals surface area contributed by atoms with Crippen LogP contribution in [0.3, 0.4) is 0 Å². The van der Waals surface area contributed by atoms with Crippen molar-refractivity contribution in [2.75, 3.05) is 13.2 Å². The molecule has 0 aliphatic carbocycles. The molecular formula is C26H29N3O5. The minimum Gasteiger partial charge on any atom is -0.462 e. The fourth-order valence-electron chi connectivity index (χ4n) is 5.09. The van der Waals surface area contributed by atoms with Crippen molar-refractivity contribution in [2.24, 2.45) is 11.8 Å². The molecule has 1 aromatic carbocycles. The van der Waals surface area contributed by atoms with E-state index >= 15 is 0 Å². The lowest BCUT2D eigenvalue weighted by atomic mass is 9.72. The molecule has 0 radical (unpaired) electrons. The van der Waals surface area contributed by atoms with Crippen LogP contribution in [0, 0.1) is 11.8 Å². The maximum Gasteiger partial charge on any atom is 0.351 e. The van der Waals surface area contributed by atoms with Crippen molar-refractivity contribution >= 4 is 34.4 Å². The van der Waals surface area contributed by atoms with Gasteiger partial charge in [0.15, 0.2) is 0 Å². The van der Waals surface area contributed by atoms with Gasteiger partial charge in [-0.2, -0.15) is 0 Å². The largest absolute Gasteiger partial charge is 0.462 e. The van der Waals surface area contributed by atoms with Gasteiger partial charge in [-0.15, -0.1) is 0 Å². The van der Waals surface area contributed by atoms with Crippen molar-refractivity contribution in [3.63, 3.8) is 0 Å². The third-order valence-electron chi connectivity index (χ3n) is 6.88. The summed E-state index contributed by atoms with van der Waals surface area (Å²) in [7, 11) is 0. The average Bonchev–Trinajstić information content (AvgIpc) is 3.15. The van der Waals surface area contributed by atoms with Gasteiger partial charge in [-0.1, -0.05) is 25.1 Å². The van der Waals surface area contributed by atoms with Crippen molar-refractivity contribution < 1.29 is 23.9 Å². The summed E-state index contributed by atoms with van der Waals surface area (Å²) in [6.45, 7) is 7.92. The third-order valence-corrected chi connectivity index (χ3v) is 6.88. The van der Waals surface area contributed by atoms with Crippen LogP contribution in [0.5, 0.6) is 0 Å².